The van der Waals surface area contributed by atoms with Gasteiger partial charge in [-0.1, -0.05) is 42.5 Å². The number of carbonyl (C=O) groups is 1. The summed E-state index contributed by atoms with van der Waals surface area (Å²) in [5.74, 6) is -0.312. The van der Waals surface area contributed by atoms with Crippen LogP contribution in [0.2, 0.25) is 0 Å². The predicted molar refractivity (Wildman–Crippen MR) is 80.3 cm³/mol. The quantitative estimate of drug-likeness (QED) is 0.897. The summed E-state index contributed by atoms with van der Waals surface area (Å²) in [6.45, 7) is 0. The van der Waals surface area contributed by atoms with Crippen LogP contribution in [-0.2, 0) is 16.8 Å². The third-order valence-corrected chi connectivity index (χ3v) is 4.03. The number of nitrogens with one attached hydrogen (secondary N) is 1. The Kier molecular flexibility index (Phi) is 3.18. The zero-order valence-corrected chi connectivity index (χ0v) is 11.3. The molecular formula is C17H18N2O. The summed E-state index contributed by atoms with van der Waals surface area (Å²) in [5, 5.41) is 3.38. The third kappa shape index (κ3) is 2.05. The monoisotopic (exact) mass is 266 g/mol. The maximum absolute atomic E-state index is 12.2. The van der Waals surface area contributed by atoms with E-state index in [1.165, 1.54) is 5.56 Å². The molecule has 3 rings (SSSR count). The van der Waals surface area contributed by atoms with Crippen LogP contribution in [-0.4, -0.2) is 5.91 Å². The number of hydrogen-bond acceptors (Lipinski definition) is 2. The summed E-state index contributed by atoms with van der Waals surface area (Å²) >= 11 is 0. The van der Waals surface area contributed by atoms with Crippen LogP contribution < -0.4 is 11.1 Å². The molecule has 3 N–H and O–H groups in total. The standard InChI is InChI=1S/C17H18N2O/c18-16(20)17(19-14-9-2-1-3-10-14)12-6-8-13-7-4-5-11-15(13)17/h1-5,7,9-11,19H,6,8,12H2,(H2,18,20). The number of anilines is 1. The minimum atomic E-state index is -0.795. The number of carbonyl (C=O) groups excluding carboxylic acids is 1. The normalized spacial score (nSPS) is 21.0. The van der Waals surface area contributed by atoms with Crippen LogP contribution in [0.1, 0.15) is 24.0 Å². The van der Waals surface area contributed by atoms with Crippen molar-refractivity contribution >= 4 is 11.6 Å². The highest BCUT2D eigenvalue weighted by Gasteiger charge is 2.41. The molecule has 0 aliphatic heterocycles. The Bertz CT molecular complexity index is 624. The Hall–Kier alpha value is -2.29. The molecule has 1 unspecified atom stereocenters. The van der Waals surface area contributed by atoms with Crippen LogP contribution in [0, 0.1) is 0 Å². The first-order chi connectivity index (χ1) is 9.72. The molecule has 0 bridgehead atoms. The highest BCUT2D eigenvalue weighted by atomic mass is 16.1. The second kappa shape index (κ2) is 5.00. The van der Waals surface area contributed by atoms with Crippen molar-refractivity contribution in [2.24, 2.45) is 5.73 Å². The molecule has 0 saturated heterocycles. The van der Waals surface area contributed by atoms with Gasteiger partial charge >= 0.3 is 0 Å². The van der Waals surface area contributed by atoms with Crippen molar-refractivity contribution in [3.63, 3.8) is 0 Å². The lowest BCUT2D eigenvalue weighted by atomic mass is 9.75. The van der Waals surface area contributed by atoms with Crippen LogP contribution >= 0.6 is 0 Å². The summed E-state index contributed by atoms with van der Waals surface area (Å²) in [5.41, 5.74) is 8.11. The van der Waals surface area contributed by atoms with Gasteiger partial charge in [-0.25, -0.2) is 0 Å². The van der Waals surface area contributed by atoms with Crippen LogP contribution in [0.3, 0.4) is 0 Å². The fraction of sp³-hybridized carbons (Fsp3) is 0.235. The molecule has 20 heavy (non-hydrogen) atoms. The maximum atomic E-state index is 12.2. The van der Waals surface area contributed by atoms with Gasteiger partial charge in [-0.05, 0) is 42.5 Å². The number of aryl methyl sites for hydroxylation is 1. The van der Waals surface area contributed by atoms with Gasteiger partial charge in [-0.2, -0.15) is 0 Å². The Morgan fingerprint density at radius 1 is 1.05 bits per heavy atom. The van der Waals surface area contributed by atoms with E-state index in [-0.39, 0.29) is 5.91 Å². The first-order valence-electron chi connectivity index (χ1n) is 6.94. The summed E-state index contributed by atoms with van der Waals surface area (Å²) in [6.07, 6.45) is 2.69. The summed E-state index contributed by atoms with van der Waals surface area (Å²) in [6, 6.07) is 17.8. The predicted octanol–water partition coefficient (Wildman–Crippen LogP) is 2.82. The van der Waals surface area contributed by atoms with Gasteiger partial charge in [0.1, 0.15) is 5.54 Å². The molecule has 1 aliphatic carbocycles. The fourth-order valence-corrected chi connectivity index (χ4v) is 3.05. The van der Waals surface area contributed by atoms with Crippen molar-refractivity contribution in [1.82, 2.24) is 0 Å². The lowest BCUT2D eigenvalue weighted by Crippen LogP contribution is -2.49. The molecule has 0 saturated carbocycles. The van der Waals surface area contributed by atoms with Crippen molar-refractivity contribution in [1.29, 1.82) is 0 Å². The first-order valence-corrected chi connectivity index (χ1v) is 6.94. The summed E-state index contributed by atoms with van der Waals surface area (Å²) in [4.78, 5) is 12.2. The molecule has 3 nitrogen and oxygen atoms in total. The molecule has 1 amide bonds. The molecule has 2 aromatic rings. The second-order valence-corrected chi connectivity index (χ2v) is 5.27. The number of hydrogen-bond donors (Lipinski definition) is 2. The number of fused-ring (bicyclic) bond motifs is 1. The molecule has 0 radical (unpaired) electrons. The van der Waals surface area contributed by atoms with Crippen LogP contribution in [0.15, 0.2) is 54.6 Å². The average Bonchev–Trinajstić information content (AvgIpc) is 2.48. The molecule has 0 spiro atoms. The zero-order valence-electron chi connectivity index (χ0n) is 11.3. The second-order valence-electron chi connectivity index (χ2n) is 5.27. The van der Waals surface area contributed by atoms with Gasteiger partial charge in [-0.15, -0.1) is 0 Å². The van der Waals surface area contributed by atoms with Gasteiger partial charge in [0.2, 0.25) is 5.91 Å². The topological polar surface area (TPSA) is 55.1 Å². The molecule has 3 heteroatoms. The van der Waals surface area contributed by atoms with Crippen molar-refractivity contribution in [2.75, 3.05) is 5.32 Å². The third-order valence-electron chi connectivity index (χ3n) is 4.03. The van der Waals surface area contributed by atoms with Crippen molar-refractivity contribution in [3.05, 3.63) is 65.7 Å². The Balaban J connectivity index is 2.08. The SMILES string of the molecule is NC(=O)C1(Nc2ccccc2)CCCc2ccccc21. The molecule has 1 aliphatic rings. The maximum Gasteiger partial charge on any atom is 0.247 e. The van der Waals surface area contributed by atoms with E-state index in [1.807, 2.05) is 48.5 Å². The van der Waals surface area contributed by atoms with E-state index >= 15 is 0 Å². The average molecular weight is 266 g/mol. The highest BCUT2D eigenvalue weighted by molar-refractivity contribution is 5.90. The van der Waals surface area contributed by atoms with Gasteiger partial charge in [0.25, 0.3) is 0 Å². The number of primary amides is 1. The smallest absolute Gasteiger partial charge is 0.247 e. The van der Waals surface area contributed by atoms with Gasteiger partial charge in [0.15, 0.2) is 0 Å². The lowest BCUT2D eigenvalue weighted by molar-refractivity contribution is -0.123. The summed E-state index contributed by atoms with van der Waals surface area (Å²) in [7, 11) is 0. The van der Waals surface area contributed by atoms with Gasteiger partial charge in [-0.3, -0.25) is 4.79 Å². The Morgan fingerprint density at radius 3 is 2.50 bits per heavy atom. The van der Waals surface area contributed by atoms with E-state index in [0.29, 0.717) is 0 Å². The van der Waals surface area contributed by atoms with Crippen LogP contribution in [0.25, 0.3) is 0 Å². The van der Waals surface area contributed by atoms with E-state index < -0.39 is 5.54 Å². The van der Waals surface area contributed by atoms with Crippen LogP contribution in [0.5, 0.6) is 0 Å². The molecule has 1 atom stereocenters. The van der Waals surface area contributed by atoms with Crippen molar-refractivity contribution in [3.8, 4) is 0 Å². The van der Waals surface area contributed by atoms with Gasteiger partial charge < -0.3 is 11.1 Å². The first kappa shape index (κ1) is 12.7. The fourth-order valence-electron chi connectivity index (χ4n) is 3.05. The molecule has 2 aromatic carbocycles. The number of nitrogens with two attached hydrogens (primary N) is 1. The van der Waals surface area contributed by atoms with Gasteiger partial charge in [0.05, 0.1) is 0 Å². The number of amides is 1. The minimum Gasteiger partial charge on any atom is -0.368 e. The van der Waals surface area contributed by atoms with E-state index in [4.69, 9.17) is 5.73 Å². The largest absolute Gasteiger partial charge is 0.368 e. The molecule has 102 valence electrons. The highest BCUT2D eigenvalue weighted by Crippen LogP contribution is 2.37. The molecule has 0 aromatic heterocycles. The number of benzene rings is 2. The van der Waals surface area contributed by atoms with E-state index in [2.05, 4.69) is 11.4 Å². The molecular weight excluding hydrogens is 248 g/mol. The van der Waals surface area contributed by atoms with E-state index in [1.54, 1.807) is 0 Å². The Labute approximate surface area is 118 Å². The van der Waals surface area contributed by atoms with Crippen molar-refractivity contribution < 1.29 is 4.79 Å². The number of rotatable bonds is 3. The van der Waals surface area contributed by atoms with Crippen LogP contribution in [0.4, 0.5) is 5.69 Å². The zero-order chi connectivity index (χ0) is 14.0. The number of para-hydroxylation sites is 1. The molecule has 0 heterocycles. The van der Waals surface area contributed by atoms with Crippen molar-refractivity contribution in [2.45, 2.75) is 24.8 Å². The van der Waals surface area contributed by atoms with E-state index in [9.17, 15) is 4.79 Å². The minimum absolute atomic E-state index is 0.312. The lowest BCUT2D eigenvalue weighted by Gasteiger charge is -2.38. The van der Waals surface area contributed by atoms with Gasteiger partial charge in [0, 0.05) is 5.69 Å². The molecule has 0 fully saturated rings. The summed E-state index contributed by atoms with van der Waals surface area (Å²) < 4.78 is 0. The Morgan fingerprint density at radius 2 is 1.75 bits per heavy atom. The van der Waals surface area contributed by atoms with E-state index in [0.717, 1.165) is 30.5 Å².